The number of rotatable bonds is 3. The van der Waals surface area contributed by atoms with Crippen molar-refractivity contribution in [2.24, 2.45) is 0 Å². The molecule has 6 heteroatoms. The van der Waals surface area contributed by atoms with Crippen LogP contribution in [0.1, 0.15) is 15.9 Å². The fourth-order valence-corrected chi connectivity index (χ4v) is 3.05. The van der Waals surface area contributed by atoms with Gasteiger partial charge in [0.2, 0.25) is 5.78 Å². The van der Waals surface area contributed by atoms with Gasteiger partial charge in [-0.05, 0) is 46.3 Å². The van der Waals surface area contributed by atoms with Crippen LogP contribution in [0, 0.1) is 0 Å². The third-order valence-corrected chi connectivity index (χ3v) is 5.05. The summed E-state index contributed by atoms with van der Waals surface area (Å²) in [5.74, 6) is 0.638. The number of halogens is 2. The molecule has 0 aromatic heterocycles. The predicted octanol–water partition coefficient (Wildman–Crippen LogP) is 4.83. The van der Waals surface area contributed by atoms with Gasteiger partial charge >= 0.3 is 0 Å². The van der Waals surface area contributed by atoms with Crippen LogP contribution in [0.2, 0.25) is 5.02 Å². The van der Waals surface area contributed by atoms with Crippen LogP contribution in [0.4, 0.5) is 11.4 Å². The summed E-state index contributed by atoms with van der Waals surface area (Å²) in [6.07, 6.45) is 1.79. The smallest absolute Gasteiger partial charge is 0.211 e. The van der Waals surface area contributed by atoms with E-state index < -0.39 is 0 Å². The van der Waals surface area contributed by atoms with Gasteiger partial charge in [0.1, 0.15) is 5.75 Å². The number of hydrogen-bond acceptors (Lipinski definition) is 4. The Labute approximate surface area is 154 Å². The molecule has 24 heavy (non-hydrogen) atoms. The standard InChI is InChI=1S/C18H16BrClN2O2/c1-22(2)11-5-4-10(17(7-11)24-3)6-16-18(23)12-8-13(19)14(20)9-15(12)21-16/h4-9,21H,1-3H3/b16-6-. The highest BCUT2D eigenvalue weighted by Gasteiger charge is 2.26. The fourth-order valence-electron chi connectivity index (χ4n) is 2.54. The fraction of sp³-hybridized carbons (Fsp3) is 0.167. The molecule has 0 atom stereocenters. The van der Waals surface area contributed by atoms with Crippen LogP contribution in [-0.4, -0.2) is 27.0 Å². The van der Waals surface area contributed by atoms with Crippen molar-refractivity contribution in [1.29, 1.82) is 0 Å². The number of carbonyl (C=O) groups excluding carboxylic acids is 1. The Morgan fingerprint density at radius 2 is 2.00 bits per heavy atom. The van der Waals surface area contributed by atoms with Gasteiger partial charge in [-0.1, -0.05) is 11.6 Å². The van der Waals surface area contributed by atoms with Crippen molar-refractivity contribution in [3.05, 3.63) is 56.7 Å². The van der Waals surface area contributed by atoms with Crippen LogP contribution in [0.15, 0.2) is 40.5 Å². The van der Waals surface area contributed by atoms with Gasteiger partial charge in [0.25, 0.3) is 0 Å². The Morgan fingerprint density at radius 3 is 2.67 bits per heavy atom. The second-order valence-electron chi connectivity index (χ2n) is 5.64. The molecular weight excluding hydrogens is 392 g/mol. The largest absolute Gasteiger partial charge is 0.496 e. The van der Waals surface area contributed by atoms with Gasteiger partial charge in [0.15, 0.2) is 0 Å². The molecule has 1 N–H and O–H groups in total. The highest BCUT2D eigenvalue weighted by Crippen LogP contribution is 2.36. The Bertz CT molecular complexity index is 862. The van der Waals surface area contributed by atoms with Crippen LogP contribution >= 0.6 is 27.5 Å². The van der Waals surface area contributed by atoms with E-state index in [1.807, 2.05) is 37.2 Å². The van der Waals surface area contributed by atoms with Crippen molar-refractivity contribution in [3.8, 4) is 5.75 Å². The first kappa shape index (κ1) is 16.9. The van der Waals surface area contributed by atoms with Crippen molar-refractivity contribution >= 4 is 50.8 Å². The highest BCUT2D eigenvalue weighted by molar-refractivity contribution is 9.10. The van der Waals surface area contributed by atoms with E-state index in [1.165, 1.54) is 0 Å². The minimum atomic E-state index is -0.0684. The molecule has 124 valence electrons. The minimum Gasteiger partial charge on any atom is -0.496 e. The third-order valence-electron chi connectivity index (χ3n) is 3.85. The number of fused-ring (bicyclic) bond motifs is 1. The zero-order valence-electron chi connectivity index (χ0n) is 13.5. The lowest BCUT2D eigenvalue weighted by atomic mass is 10.1. The second kappa shape index (κ2) is 6.49. The topological polar surface area (TPSA) is 41.6 Å². The Kier molecular flexibility index (Phi) is 4.56. The van der Waals surface area contributed by atoms with Gasteiger partial charge in [-0.2, -0.15) is 0 Å². The van der Waals surface area contributed by atoms with Crippen LogP contribution in [0.3, 0.4) is 0 Å². The molecule has 3 rings (SSSR count). The number of benzene rings is 2. The van der Waals surface area contributed by atoms with E-state index in [2.05, 4.69) is 21.2 Å². The number of methoxy groups -OCH3 is 1. The summed E-state index contributed by atoms with van der Waals surface area (Å²) >= 11 is 9.45. The van der Waals surface area contributed by atoms with E-state index >= 15 is 0 Å². The molecule has 0 unspecified atom stereocenters. The second-order valence-corrected chi connectivity index (χ2v) is 6.91. The van der Waals surface area contributed by atoms with Gasteiger partial charge in [0, 0.05) is 41.4 Å². The number of allylic oxidation sites excluding steroid dienone is 1. The van der Waals surface area contributed by atoms with Gasteiger partial charge in [0.05, 0.1) is 23.5 Å². The van der Waals surface area contributed by atoms with Gasteiger partial charge in [-0.3, -0.25) is 4.79 Å². The Balaban J connectivity index is 2.00. The van der Waals surface area contributed by atoms with Crippen LogP contribution in [0.5, 0.6) is 5.75 Å². The molecule has 2 aromatic rings. The van der Waals surface area contributed by atoms with Crippen LogP contribution in [0.25, 0.3) is 6.08 Å². The van der Waals surface area contributed by atoms with E-state index in [1.54, 1.807) is 25.3 Å². The molecule has 0 fully saturated rings. The summed E-state index contributed by atoms with van der Waals surface area (Å²) in [5, 5.41) is 3.69. The van der Waals surface area contributed by atoms with E-state index in [0.717, 1.165) is 11.3 Å². The molecule has 0 spiro atoms. The molecule has 0 saturated heterocycles. The predicted molar refractivity (Wildman–Crippen MR) is 102 cm³/mol. The summed E-state index contributed by atoms with van der Waals surface area (Å²) in [6.45, 7) is 0. The molecule has 0 aliphatic carbocycles. The third kappa shape index (κ3) is 3.01. The molecule has 0 bridgehead atoms. The van der Waals surface area contributed by atoms with Crippen molar-refractivity contribution < 1.29 is 9.53 Å². The summed E-state index contributed by atoms with van der Waals surface area (Å²) in [7, 11) is 5.55. The van der Waals surface area contributed by atoms with Gasteiger partial charge < -0.3 is 15.0 Å². The molecule has 2 aromatic carbocycles. The van der Waals surface area contributed by atoms with E-state index in [9.17, 15) is 4.79 Å². The average Bonchev–Trinajstić information content (AvgIpc) is 2.84. The number of ketones is 1. The lowest BCUT2D eigenvalue weighted by molar-refractivity contribution is 0.104. The molecule has 1 aliphatic rings. The minimum absolute atomic E-state index is 0.0684. The average molecular weight is 408 g/mol. The number of Topliss-reactive ketones (excluding diaryl/α,β-unsaturated/α-hetero) is 1. The summed E-state index contributed by atoms with van der Waals surface area (Å²) in [5.41, 5.74) is 3.66. The van der Waals surface area contributed by atoms with Crippen molar-refractivity contribution in [2.45, 2.75) is 0 Å². The van der Waals surface area contributed by atoms with Gasteiger partial charge in [-0.25, -0.2) is 0 Å². The summed E-state index contributed by atoms with van der Waals surface area (Å²) in [4.78, 5) is 14.6. The van der Waals surface area contributed by atoms with Crippen LogP contribution in [-0.2, 0) is 0 Å². The normalized spacial score (nSPS) is 14.5. The molecule has 0 amide bonds. The van der Waals surface area contributed by atoms with Crippen molar-refractivity contribution in [3.63, 3.8) is 0 Å². The molecule has 0 saturated carbocycles. The Hall–Kier alpha value is -1.98. The maximum Gasteiger partial charge on any atom is 0.211 e. The van der Waals surface area contributed by atoms with Crippen LogP contribution < -0.4 is 15.0 Å². The van der Waals surface area contributed by atoms with E-state index in [0.29, 0.717) is 32.2 Å². The molecule has 4 nitrogen and oxygen atoms in total. The van der Waals surface area contributed by atoms with Gasteiger partial charge in [-0.15, -0.1) is 0 Å². The number of hydrogen-bond donors (Lipinski definition) is 1. The van der Waals surface area contributed by atoms with E-state index in [4.69, 9.17) is 16.3 Å². The number of ether oxygens (including phenoxy) is 1. The first-order valence-corrected chi connectivity index (χ1v) is 8.45. The maximum atomic E-state index is 12.6. The number of nitrogens with zero attached hydrogens (tertiary/aromatic N) is 1. The SMILES string of the molecule is COc1cc(N(C)C)ccc1/C=C1\Nc2cc(Cl)c(Br)cc2C1=O. The monoisotopic (exact) mass is 406 g/mol. The lowest BCUT2D eigenvalue weighted by Gasteiger charge is -2.15. The molecule has 1 aliphatic heterocycles. The number of nitrogens with one attached hydrogen (secondary N) is 1. The number of carbonyl (C=O) groups is 1. The Morgan fingerprint density at radius 1 is 1.25 bits per heavy atom. The van der Waals surface area contributed by atoms with Crippen molar-refractivity contribution in [1.82, 2.24) is 0 Å². The van der Waals surface area contributed by atoms with E-state index in [-0.39, 0.29) is 5.78 Å². The first-order chi connectivity index (χ1) is 11.4. The molecule has 0 radical (unpaired) electrons. The molecular formula is C18H16BrClN2O2. The lowest BCUT2D eigenvalue weighted by Crippen LogP contribution is -2.08. The first-order valence-electron chi connectivity index (χ1n) is 7.28. The molecule has 1 heterocycles. The highest BCUT2D eigenvalue weighted by atomic mass is 79.9. The maximum absolute atomic E-state index is 12.6. The summed E-state index contributed by atoms with van der Waals surface area (Å²) < 4.78 is 6.16. The zero-order chi connectivity index (χ0) is 17.4. The number of anilines is 2. The van der Waals surface area contributed by atoms with Crippen molar-refractivity contribution in [2.75, 3.05) is 31.4 Å². The summed E-state index contributed by atoms with van der Waals surface area (Å²) in [6, 6.07) is 9.33. The quantitative estimate of drug-likeness (QED) is 0.740. The zero-order valence-corrected chi connectivity index (χ0v) is 15.8.